The van der Waals surface area contributed by atoms with Crippen molar-refractivity contribution in [3.8, 4) is 0 Å². The van der Waals surface area contributed by atoms with Gasteiger partial charge >= 0.3 is 0 Å². The maximum Gasteiger partial charge on any atom is 0.0779 e. The smallest absolute Gasteiger partial charge is 0.0779 e. The fourth-order valence-corrected chi connectivity index (χ4v) is 2.54. The predicted octanol–water partition coefficient (Wildman–Crippen LogP) is 3.44. The molecule has 2 unspecified atom stereocenters. The molecule has 0 aliphatic heterocycles. The third-order valence-corrected chi connectivity index (χ3v) is 3.40. The van der Waals surface area contributed by atoms with Gasteiger partial charge in [-0.15, -0.1) is 0 Å². The Bertz CT molecular complexity index is 359. The van der Waals surface area contributed by atoms with E-state index in [-0.39, 0.29) is 11.5 Å². The molecule has 1 aromatic rings. The van der Waals surface area contributed by atoms with Crippen LogP contribution < -0.4 is 5.32 Å². The molecule has 0 aromatic carbocycles. The van der Waals surface area contributed by atoms with Gasteiger partial charge in [0.2, 0.25) is 0 Å². The molecule has 114 valence electrons. The van der Waals surface area contributed by atoms with Gasteiger partial charge in [0.1, 0.15) is 0 Å². The lowest BCUT2D eigenvalue weighted by molar-refractivity contribution is -0.0355. The zero-order valence-corrected chi connectivity index (χ0v) is 13.6. The highest BCUT2D eigenvalue weighted by molar-refractivity contribution is 5.11. The molecule has 0 fully saturated rings. The van der Waals surface area contributed by atoms with Gasteiger partial charge < -0.3 is 10.1 Å². The van der Waals surface area contributed by atoms with E-state index in [4.69, 9.17) is 4.74 Å². The summed E-state index contributed by atoms with van der Waals surface area (Å²) in [4.78, 5) is 4.22. The van der Waals surface area contributed by atoms with E-state index >= 15 is 0 Å². The summed E-state index contributed by atoms with van der Waals surface area (Å²) < 4.78 is 6.05. The van der Waals surface area contributed by atoms with Gasteiger partial charge in [-0.25, -0.2) is 0 Å². The summed E-state index contributed by atoms with van der Waals surface area (Å²) in [6.45, 7) is 12.8. The van der Waals surface area contributed by atoms with Crippen molar-refractivity contribution in [3.05, 3.63) is 30.1 Å². The third-order valence-electron chi connectivity index (χ3n) is 3.40. The number of nitrogens with one attached hydrogen (secondary N) is 1. The Kier molecular flexibility index (Phi) is 7.17. The van der Waals surface area contributed by atoms with Crippen molar-refractivity contribution in [1.29, 1.82) is 0 Å². The lowest BCUT2D eigenvalue weighted by Gasteiger charge is -2.37. The molecule has 3 nitrogen and oxygen atoms in total. The van der Waals surface area contributed by atoms with E-state index in [0.717, 1.165) is 26.0 Å². The fraction of sp³-hybridized carbons (Fsp3) is 0.706. The van der Waals surface area contributed by atoms with Crippen molar-refractivity contribution in [2.45, 2.75) is 59.6 Å². The second-order valence-electron chi connectivity index (χ2n) is 6.37. The number of rotatable bonds is 8. The summed E-state index contributed by atoms with van der Waals surface area (Å²) in [5.41, 5.74) is 1.37. The van der Waals surface area contributed by atoms with Crippen molar-refractivity contribution in [2.24, 2.45) is 5.41 Å². The van der Waals surface area contributed by atoms with E-state index in [0.29, 0.717) is 6.04 Å². The van der Waals surface area contributed by atoms with Crippen molar-refractivity contribution in [3.63, 3.8) is 0 Å². The minimum absolute atomic E-state index is 0.115. The molecular weight excluding hydrogens is 248 g/mol. The van der Waals surface area contributed by atoms with Gasteiger partial charge in [0, 0.05) is 25.0 Å². The van der Waals surface area contributed by atoms with Crippen LogP contribution in [0.5, 0.6) is 0 Å². The van der Waals surface area contributed by atoms with Gasteiger partial charge in [-0.2, -0.15) is 0 Å². The second kappa shape index (κ2) is 8.38. The van der Waals surface area contributed by atoms with Crippen LogP contribution in [0.4, 0.5) is 0 Å². The van der Waals surface area contributed by atoms with E-state index in [9.17, 15) is 0 Å². The van der Waals surface area contributed by atoms with Crippen molar-refractivity contribution in [2.75, 3.05) is 13.2 Å². The van der Waals surface area contributed by atoms with Crippen LogP contribution in [0.15, 0.2) is 24.5 Å². The predicted molar refractivity (Wildman–Crippen MR) is 84.9 cm³/mol. The molecule has 3 heteroatoms. The van der Waals surface area contributed by atoms with Crippen LogP contribution in [-0.4, -0.2) is 30.3 Å². The SMILES string of the molecule is CCCNC(Cc1cccnc1)C(OCC)C(C)(C)C. The fourth-order valence-electron chi connectivity index (χ4n) is 2.54. The first-order chi connectivity index (χ1) is 9.49. The van der Waals surface area contributed by atoms with Crippen molar-refractivity contribution < 1.29 is 4.74 Å². The largest absolute Gasteiger partial charge is 0.376 e. The maximum absolute atomic E-state index is 6.05. The van der Waals surface area contributed by atoms with Crippen LogP contribution >= 0.6 is 0 Å². The zero-order valence-electron chi connectivity index (χ0n) is 13.6. The molecule has 0 saturated carbocycles. The Balaban J connectivity index is 2.85. The summed E-state index contributed by atoms with van der Waals surface area (Å²) in [5.74, 6) is 0. The molecule has 2 atom stereocenters. The quantitative estimate of drug-likeness (QED) is 0.791. The first-order valence-corrected chi connectivity index (χ1v) is 7.73. The Labute approximate surface area is 124 Å². The Hall–Kier alpha value is -0.930. The zero-order chi connectivity index (χ0) is 15.0. The van der Waals surface area contributed by atoms with Crippen LogP contribution in [0.1, 0.15) is 46.6 Å². The van der Waals surface area contributed by atoms with E-state index < -0.39 is 0 Å². The number of hydrogen-bond donors (Lipinski definition) is 1. The van der Waals surface area contributed by atoms with Crippen LogP contribution in [0, 0.1) is 5.41 Å². The first kappa shape index (κ1) is 17.1. The summed E-state index contributed by atoms with van der Waals surface area (Å²) in [6, 6.07) is 4.46. The molecule has 0 radical (unpaired) electrons. The molecule has 1 heterocycles. The molecule has 0 aliphatic rings. The van der Waals surface area contributed by atoms with Gasteiger partial charge in [0.15, 0.2) is 0 Å². The van der Waals surface area contributed by atoms with Gasteiger partial charge in [-0.3, -0.25) is 4.98 Å². The monoisotopic (exact) mass is 278 g/mol. The lowest BCUT2D eigenvalue weighted by Crippen LogP contribution is -2.49. The highest BCUT2D eigenvalue weighted by Gasteiger charge is 2.32. The number of nitrogens with zero attached hydrogens (tertiary/aromatic N) is 1. The maximum atomic E-state index is 6.05. The molecule has 1 aromatic heterocycles. The molecular formula is C17H30N2O. The van der Waals surface area contributed by atoms with E-state index in [1.807, 2.05) is 18.5 Å². The molecule has 0 aliphatic carbocycles. The van der Waals surface area contributed by atoms with Gasteiger partial charge in [-0.1, -0.05) is 33.8 Å². The molecule has 0 bridgehead atoms. The van der Waals surface area contributed by atoms with Gasteiger partial charge in [0.05, 0.1) is 6.10 Å². The molecule has 1 N–H and O–H groups in total. The molecule has 0 saturated heterocycles. The lowest BCUT2D eigenvalue weighted by atomic mass is 9.82. The van der Waals surface area contributed by atoms with Crippen molar-refractivity contribution in [1.82, 2.24) is 10.3 Å². The Morgan fingerprint density at radius 3 is 2.55 bits per heavy atom. The molecule has 0 amide bonds. The highest BCUT2D eigenvalue weighted by Crippen LogP contribution is 2.26. The average Bonchev–Trinajstić information content (AvgIpc) is 2.41. The van der Waals surface area contributed by atoms with E-state index in [1.165, 1.54) is 5.56 Å². The molecule has 0 spiro atoms. The van der Waals surface area contributed by atoms with Gasteiger partial charge in [0.25, 0.3) is 0 Å². The van der Waals surface area contributed by atoms with Crippen molar-refractivity contribution >= 4 is 0 Å². The highest BCUT2D eigenvalue weighted by atomic mass is 16.5. The standard InChI is InChI=1S/C17H30N2O/c1-6-10-19-15(12-14-9-8-11-18-13-14)16(20-7-2)17(3,4)5/h8-9,11,13,15-16,19H,6-7,10,12H2,1-5H3. The number of ether oxygens (including phenoxy) is 1. The number of hydrogen-bond acceptors (Lipinski definition) is 3. The minimum Gasteiger partial charge on any atom is -0.376 e. The normalized spacial score (nSPS) is 15.1. The first-order valence-electron chi connectivity index (χ1n) is 7.73. The van der Waals surface area contributed by atoms with Crippen LogP contribution in [0.3, 0.4) is 0 Å². The van der Waals surface area contributed by atoms with Crippen LogP contribution in [0.2, 0.25) is 0 Å². The number of aromatic nitrogens is 1. The Morgan fingerprint density at radius 2 is 2.05 bits per heavy atom. The average molecular weight is 278 g/mol. The summed E-state index contributed by atoms with van der Waals surface area (Å²) in [7, 11) is 0. The molecule has 20 heavy (non-hydrogen) atoms. The summed E-state index contributed by atoms with van der Waals surface area (Å²) in [5, 5.41) is 3.66. The van der Waals surface area contributed by atoms with E-state index in [1.54, 1.807) is 0 Å². The second-order valence-corrected chi connectivity index (χ2v) is 6.37. The number of pyridine rings is 1. The minimum atomic E-state index is 0.115. The van der Waals surface area contributed by atoms with E-state index in [2.05, 4.69) is 51.0 Å². The van der Waals surface area contributed by atoms with Gasteiger partial charge in [-0.05, 0) is 43.4 Å². The summed E-state index contributed by atoms with van der Waals surface area (Å²) in [6.07, 6.45) is 6.05. The summed E-state index contributed by atoms with van der Waals surface area (Å²) >= 11 is 0. The van der Waals surface area contributed by atoms with Crippen LogP contribution in [-0.2, 0) is 11.2 Å². The van der Waals surface area contributed by atoms with Crippen LogP contribution in [0.25, 0.3) is 0 Å². The Morgan fingerprint density at radius 1 is 1.30 bits per heavy atom. The topological polar surface area (TPSA) is 34.2 Å². The third kappa shape index (κ3) is 5.59. The molecule has 1 rings (SSSR count).